The average molecular weight is 433 g/mol. The number of aromatic hydroxyl groups is 1. The van der Waals surface area contributed by atoms with E-state index in [1.807, 2.05) is 12.1 Å². The van der Waals surface area contributed by atoms with E-state index in [1.165, 1.54) is 23.7 Å². The fourth-order valence-corrected chi connectivity index (χ4v) is 4.28. The maximum absolute atomic E-state index is 12.4. The molecule has 0 aliphatic heterocycles. The maximum atomic E-state index is 12.4. The molecule has 162 valence electrons. The molecule has 1 aliphatic carbocycles. The number of carbonyl (C=O) groups is 1. The summed E-state index contributed by atoms with van der Waals surface area (Å²) in [7, 11) is -2.73. The minimum absolute atomic E-state index is 0.00762. The number of benzene rings is 1. The van der Waals surface area contributed by atoms with Gasteiger partial charge in [-0.2, -0.15) is 0 Å². The van der Waals surface area contributed by atoms with Crippen molar-refractivity contribution in [1.82, 2.24) is 10.1 Å². The monoisotopic (exact) mass is 433 g/mol. The van der Waals surface area contributed by atoms with Crippen LogP contribution in [0.15, 0.2) is 24.4 Å². The Morgan fingerprint density at radius 3 is 2.80 bits per heavy atom. The van der Waals surface area contributed by atoms with Crippen molar-refractivity contribution in [3.8, 4) is 11.5 Å². The molecule has 1 aromatic carbocycles. The van der Waals surface area contributed by atoms with Crippen molar-refractivity contribution in [2.45, 2.75) is 58.7 Å². The van der Waals surface area contributed by atoms with Crippen LogP contribution in [-0.4, -0.2) is 22.1 Å². The fraction of sp³-hybridized carbons (Fsp3) is 0.429. The number of carbonyl (C=O) groups excluding carboxylic acids is 1. The summed E-state index contributed by atoms with van der Waals surface area (Å²) in [5.74, 6) is -0.0399. The molecule has 2 aromatic rings. The number of nitrogens with zero attached hydrogens (tertiary/aromatic N) is 1. The van der Waals surface area contributed by atoms with Crippen LogP contribution in [0.2, 0.25) is 0 Å². The van der Waals surface area contributed by atoms with Crippen molar-refractivity contribution >= 4 is 14.1 Å². The number of hydrogen-bond donors (Lipinski definition) is 3. The first-order valence-corrected chi connectivity index (χ1v) is 11.3. The molecule has 0 fully saturated rings. The first-order chi connectivity index (χ1) is 14.4. The first-order valence-electron chi connectivity index (χ1n) is 10.0. The Balaban J connectivity index is 1.53. The fourth-order valence-electron chi connectivity index (χ4n) is 3.43. The van der Waals surface area contributed by atoms with Crippen LogP contribution in [-0.2, 0) is 39.9 Å². The van der Waals surface area contributed by atoms with Gasteiger partial charge in [-0.15, -0.1) is 0 Å². The second kappa shape index (κ2) is 10.2. The number of rotatable bonds is 8. The van der Waals surface area contributed by atoms with Gasteiger partial charge in [0.05, 0.1) is 12.3 Å². The normalized spacial score (nSPS) is 15.3. The van der Waals surface area contributed by atoms with E-state index in [9.17, 15) is 14.5 Å². The average Bonchev–Trinajstić information content (AvgIpc) is 2.74. The minimum Gasteiger partial charge on any atom is -0.506 e. The van der Waals surface area contributed by atoms with Crippen LogP contribution < -0.4 is 15.6 Å². The van der Waals surface area contributed by atoms with Crippen LogP contribution in [0.1, 0.15) is 47.7 Å². The molecular weight excluding hydrogens is 405 g/mol. The van der Waals surface area contributed by atoms with Gasteiger partial charge >= 0.3 is 5.97 Å². The van der Waals surface area contributed by atoms with E-state index in [0.717, 1.165) is 19.3 Å². The lowest BCUT2D eigenvalue weighted by Crippen LogP contribution is -2.33. The predicted octanol–water partition coefficient (Wildman–Crippen LogP) is 2.92. The molecule has 9 heteroatoms. The summed E-state index contributed by atoms with van der Waals surface area (Å²) in [5.41, 5.74) is 9.70. The molecule has 0 bridgehead atoms. The van der Waals surface area contributed by atoms with Crippen LogP contribution >= 0.6 is 8.18 Å². The lowest BCUT2D eigenvalue weighted by Gasteiger charge is -2.17. The Labute approximate surface area is 176 Å². The van der Waals surface area contributed by atoms with E-state index in [2.05, 4.69) is 10.1 Å². The Hall–Kier alpha value is -2.25. The van der Waals surface area contributed by atoms with Gasteiger partial charge < -0.3 is 20.1 Å². The zero-order valence-electron chi connectivity index (χ0n) is 17.2. The predicted molar refractivity (Wildman–Crippen MR) is 114 cm³/mol. The molecule has 1 aromatic heterocycles. The summed E-state index contributed by atoms with van der Waals surface area (Å²) < 4.78 is 23.0. The van der Waals surface area contributed by atoms with Gasteiger partial charge in [0.1, 0.15) is 17.5 Å². The van der Waals surface area contributed by atoms with Crippen molar-refractivity contribution < 1.29 is 23.7 Å². The van der Waals surface area contributed by atoms with Gasteiger partial charge in [0.15, 0.2) is 0 Å². The third kappa shape index (κ3) is 5.46. The van der Waals surface area contributed by atoms with Crippen molar-refractivity contribution in [3.05, 3.63) is 52.3 Å². The van der Waals surface area contributed by atoms with Gasteiger partial charge in [-0.3, -0.25) is 9.55 Å². The van der Waals surface area contributed by atoms with Gasteiger partial charge in [-0.1, -0.05) is 6.07 Å². The molecule has 1 unspecified atom stereocenters. The Bertz CT molecular complexity index is 950. The van der Waals surface area contributed by atoms with Crippen molar-refractivity contribution in [2.24, 2.45) is 5.73 Å². The second-order valence-electron chi connectivity index (χ2n) is 7.40. The highest BCUT2D eigenvalue weighted by atomic mass is 31.1. The van der Waals surface area contributed by atoms with E-state index in [0.29, 0.717) is 22.6 Å². The molecule has 0 spiro atoms. The van der Waals surface area contributed by atoms with Crippen LogP contribution in [0.3, 0.4) is 0 Å². The van der Waals surface area contributed by atoms with E-state index in [4.69, 9.17) is 15.0 Å². The number of nitrogens with one attached hydrogen (secondary N) is 1. The van der Waals surface area contributed by atoms with Crippen molar-refractivity contribution in [2.75, 3.05) is 0 Å². The number of aryl methyl sites for hydroxylation is 3. The lowest BCUT2D eigenvalue weighted by atomic mass is 9.92. The van der Waals surface area contributed by atoms with Gasteiger partial charge in [0, 0.05) is 23.9 Å². The molecule has 30 heavy (non-hydrogen) atoms. The van der Waals surface area contributed by atoms with Gasteiger partial charge in [-0.05, 0) is 62.8 Å². The van der Waals surface area contributed by atoms with Crippen LogP contribution in [0.25, 0.3) is 0 Å². The highest BCUT2D eigenvalue weighted by Crippen LogP contribution is 2.28. The number of esters is 1. The van der Waals surface area contributed by atoms with E-state index < -0.39 is 20.2 Å². The van der Waals surface area contributed by atoms with Crippen LogP contribution in [0.4, 0.5) is 0 Å². The molecule has 0 radical (unpaired) electrons. The molecule has 0 amide bonds. The Kier molecular flexibility index (Phi) is 7.61. The second-order valence-corrected chi connectivity index (χ2v) is 8.55. The number of pyridine rings is 1. The quantitative estimate of drug-likeness (QED) is 0.330. The van der Waals surface area contributed by atoms with E-state index in [-0.39, 0.29) is 18.9 Å². The summed E-state index contributed by atoms with van der Waals surface area (Å²) in [4.78, 5) is 16.4. The number of aromatic nitrogens is 1. The van der Waals surface area contributed by atoms with Crippen molar-refractivity contribution in [1.29, 1.82) is 0 Å². The molecular formula is C21H28N3O5P. The third-order valence-corrected chi connectivity index (χ3v) is 6.29. The molecule has 3 rings (SSSR count). The molecule has 2 atom stereocenters. The van der Waals surface area contributed by atoms with E-state index in [1.54, 1.807) is 19.9 Å². The highest BCUT2D eigenvalue weighted by Gasteiger charge is 2.19. The number of hydrogen-bond acceptors (Lipinski definition) is 7. The molecule has 1 heterocycles. The summed E-state index contributed by atoms with van der Waals surface area (Å²) in [6, 6.07) is 4.89. The number of fused-ring (bicyclic) bond motifs is 1. The summed E-state index contributed by atoms with van der Waals surface area (Å²) in [5, 5.41) is 12.7. The topological polar surface area (TPSA) is 124 Å². The van der Waals surface area contributed by atoms with Crippen LogP contribution in [0.5, 0.6) is 11.5 Å². The first kappa shape index (κ1) is 22.4. The standard InChI is InChI=1S/C21H28N3O5P/c1-13-20(25)19(10-22)17(11-23-13)12-28-30(27)24-14(2)21(26)29-18-8-7-15-5-3-4-6-16(15)9-18/h7-9,11,14,25,30H,3-6,10,12,22H2,1-2H3,(H,24,27)/t14-/m0/s1. The molecule has 4 N–H and O–H groups in total. The van der Waals surface area contributed by atoms with Crippen LogP contribution in [0, 0.1) is 6.92 Å². The number of ether oxygens (including phenoxy) is 1. The largest absolute Gasteiger partial charge is 0.506 e. The summed E-state index contributed by atoms with van der Waals surface area (Å²) in [6.07, 6.45) is 5.90. The van der Waals surface area contributed by atoms with Gasteiger partial charge in [0.25, 0.3) is 8.18 Å². The maximum Gasteiger partial charge on any atom is 0.328 e. The van der Waals surface area contributed by atoms with E-state index >= 15 is 0 Å². The molecule has 0 saturated heterocycles. The zero-order chi connectivity index (χ0) is 21.7. The van der Waals surface area contributed by atoms with Gasteiger partial charge in [0.2, 0.25) is 0 Å². The Morgan fingerprint density at radius 2 is 2.07 bits per heavy atom. The summed E-state index contributed by atoms with van der Waals surface area (Å²) in [6.45, 7) is 3.28. The minimum atomic E-state index is -2.73. The van der Waals surface area contributed by atoms with Gasteiger partial charge in [-0.25, -0.2) is 9.88 Å². The molecule has 1 aliphatic rings. The number of nitrogens with two attached hydrogens (primary N) is 1. The van der Waals surface area contributed by atoms with Crippen molar-refractivity contribution in [3.63, 3.8) is 0 Å². The SMILES string of the molecule is Cc1ncc(CO[PH](=O)N[C@@H](C)C(=O)Oc2ccc3c(c2)CCCC3)c(CN)c1O. The highest BCUT2D eigenvalue weighted by molar-refractivity contribution is 7.36. The lowest BCUT2D eigenvalue weighted by molar-refractivity contribution is -0.135. The summed E-state index contributed by atoms with van der Waals surface area (Å²) >= 11 is 0. The smallest absolute Gasteiger partial charge is 0.328 e. The molecule has 8 nitrogen and oxygen atoms in total. The third-order valence-electron chi connectivity index (χ3n) is 5.22. The molecule has 0 saturated carbocycles. The zero-order valence-corrected chi connectivity index (χ0v) is 18.2. The Morgan fingerprint density at radius 1 is 1.33 bits per heavy atom.